The molecule has 0 spiro atoms. The van der Waals surface area contributed by atoms with E-state index in [1.54, 1.807) is 10.8 Å². The Kier molecular flexibility index (Phi) is 5.00. The van der Waals surface area contributed by atoms with Crippen molar-refractivity contribution in [3.63, 3.8) is 0 Å². The van der Waals surface area contributed by atoms with Gasteiger partial charge in [0, 0.05) is 36.1 Å². The van der Waals surface area contributed by atoms with Crippen LogP contribution >= 0.6 is 0 Å². The van der Waals surface area contributed by atoms with Gasteiger partial charge in [0.15, 0.2) is 11.5 Å². The molecule has 2 N–H and O–H groups in total. The molecule has 5 heterocycles. The van der Waals surface area contributed by atoms with Crippen LogP contribution in [0.25, 0.3) is 16.7 Å². The number of aromatic nitrogens is 6. The summed E-state index contributed by atoms with van der Waals surface area (Å²) in [5.41, 5.74) is 4.31. The first-order valence-corrected chi connectivity index (χ1v) is 11.0. The molecule has 0 aliphatic carbocycles. The van der Waals surface area contributed by atoms with Crippen LogP contribution in [0.5, 0.6) is 11.5 Å². The number of nitrogens with one attached hydrogen (secondary N) is 2. The van der Waals surface area contributed by atoms with Gasteiger partial charge < -0.3 is 15.4 Å². The number of rotatable bonds is 5. The van der Waals surface area contributed by atoms with Crippen LogP contribution in [0.15, 0.2) is 67.4 Å². The van der Waals surface area contributed by atoms with Crippen molar-refractivity contribution in [2.24, 2.45) is 0 Å². The second kappa shape index (κ2) is 8.44. The summed E-state index contributed by atoms with van der Waals surface area (Å²) in [6.45, 7) is 2.04. The van der Waals surface area contributed by atoms with Crippen LogP contribution in [0.3, 0.4) is 0 Å². The van der Waals surface area contributed by atoms with Crippen molar-refractivity contribution in [2.75, 3.05) is 18.4 Å². The summed E-state index contributed by atoms with van der Waals surface area (Å²) in [6.07, 6.45) is 7.21. The lowest BCUT2D eigenvalue weighted by atomic mass is 9.95. The molecule has 1 aliphatic heterocycles. The van der Waals surface area contributed by atoms with Crippen LogP contribution in [-0.2, 0) is 0 Å². The van der Waals surface area contributed by atoms with Gasteiger partial charge in [0.1, 0.15) is 29.7 Å². The molecule has 0 radical (unpaired) electrons. The summed E-state index contributed by atoms with van der Waals surface area (Å²) in [4.78, 5) is 18.0. The molecule has 4 aromatic heterocycles. The van der Waals surface area contributed by atoms with E-state index in [1.807, 2.05) is 48.7 Å². The van der Waals surface area contributed by atoms with Crippen LogP contribution in [0, 0.1) is 0 Å². The minimum atomic E-state index is 0.421. The Morgan fingerprint density at radius 1 is 0.970 bits per heavy atom. The molecule has 0 saturated carbocycles. The molecule has 5 aromatic rings. The highest BCUT2D eigenvalue weighted by molar-refractivity contribution is 5.87. The number of piperidine rings is 1. The first-order valence-electron chi connectivity index (χ1n) is 11.0. The summed E-state index contributed by atoms with van der Waals surface area (Å²) < 4.78 is 7.65. The maximum atomic E-state index is 5.96. The van der Waals surface area contributed by atoms with E-state index in [4.69, 9.17) is 9.72 Å². The SMILES string of the molecule is c1nc(Nc2ccc(Oc3ccn4ncnc4c3)cc2)c2nc(C3CCCNC3)ccc2n1. The Morgan fingerprint density at radius 3 is 2.79 bits per heavy atom. The minimum Gasteiger partial charge on any atom is -0.457 e. The smallest absolute Gasteiger partial charge is 0.160 e. The number of pyridine rings is 2. The summed E-state index contributed by atoms with van der Waals surface area (Å²) in [5.74, 6) is 2.54. The maximum absolute atomic E-state index is 5.96. The van der Waals surface area contributed by atoms with Crippen molar-refractivity contribution >= 4 is 28.2 Å². The molecule has 1 aromatic carbocycles. The van der Waals surface area contributed by atoms with E-state index in [0.717, 1.165) is 53.3 Å². The van der Waals surface area contributed by atoms with Crippen LogP contribution < -0.4 is 15.4 Å². The van der Waals surface area contributed by atoms with E-state index in [-0.39, 0.29) is 0 Å². The molecule has 1 unspecified atom stereocenters. The van der Waals surface area contributed by atoms with E-state index < -0.39 is 0 Å². The topological polar surface area (TPSA) is 102 Å². The summed E-state index contributed by atoms with van der Waals surface area (Å²) in [5, 5.41) is 10.9. The lowest BCUT2D eigenvalue weighted by Gasteiger charge is -2.22. The maximum Gasteiger partial charge on any atom is 0.160 e. The number of hydrogen-bond acceptors (Lipinski definition) is 8. The van der Waals surface area contributed by atoms with Crippen molar-refractivity contribution in [3.8, 4) is 11.5 Å². The van der Waals surface area contributed by atoms with Gasteiger partial charge in [0.2, 0.25) is 0 Å². The van der Waals surface area contributed by atoms with Crippen molar-refractivity contribution in [1.29, 1.82) is 0 Å². The van der Waals surface area contributed by atoms with Crippen LogP contribution in [-0.4, -0.2) is 42.6 Å². The summed E-state index contributed by atoms with van der Waals surface area (Å²) in [6, 6.07) is 15.5. The first kappa shape index (κ1) is 19.6. The number of nitrogens with zero attached hydrogens (tertiary/aromatic N) is 6. The molecule has 9 heteroatoms. The molecule has 1 aliphatic rings. The second-order valence-corrected chi connectivity index (χ2v) is 8.05. The number of anilines is 2. The standard InChI is InChI=1S/C24H22N8O/c1-2-16(13-25-10-1)20-7-8-21-23(31-20)24(28-14-26-21)30-17-3-5-18(6-4-17)33-19-9-11-32-22(12-19)27-15-29-32/h3-9,11-12,14-16,25H,1-2,10,13H2,(H,26,28,30). The summed E-state index contributed by atoms with van der Waals surface area (Å²) >= 11 is 0. The quantitative estimate of drug-likeness (QED) is 0.423. The van der Waals surface area contributed by atoms with Gasteiger partial charge in [-0.05, 0) is 61.9 Å². The average Bonchev–Trinajstić information content (AvgIpc) is 3.34. The van der Waals surface area contributed by atoms with Gasteiger partial charge in [-0.15, -0.1) is 0 Å². The molecule has 0 bridgehead atoms. The molecule has 33 heavy (non-hydrogen) atoms. The van der Waals surface area contributed by atoms with Gasteiger partial charge in [-0.1, -0.05) is 0 Å². The number of ether oxygens (including phenoxy) is 1. The number of benzene rings is 1. The molecule has 1 fully saturated rings. The predicted octanol–water partition coefficient (Wildman–Crippen LogP) is 4.07. The lowest BCUT2D eigenvalue weighted by Crippen LogP contribution is -2.28. The van der Waals surface area contributed by atoms with E-state index in [0.29, 0.717) is 17.5 Å². The molecule has 1 atom stereocenters. The average molecular weight is 438 g/mol. The third-order valence-electron chi connectivity index (χ3n) is 5.82. The van der Waals surface area contributed by atoms with Crippen molar-refractivity contribution in [3.05, 3.63) is 73.1 Å². The Morgan fingerprint density at radius 2 is 1.91 bits per heavy atom. The van der Waals surface area contributed by atoms with Gasteiger partial charge in [0.05, 0.1) is 5.52 Å². The molecule has 0 amide bonds. The third-order valence-corrected chi connectivity index (χ3v) is 5.82. The van der Waals surface area contributed by atoms with Crippen molar-refractivity contribution in [1.82, 2.24) is 34.9 Å². The van der Waals surface area contributed by atoms with E-state index in [1.165, 1.54) is 12.7 Å². The zero-order chi connectivity index (χ0) is 22.0. The monoisotopic (exact) mass is 438 g/mol. The highest BCUT2D eigenvalue weighted by Crippen LogP contribution is 2.28. The highest BCUT2D eigenvalue weighted by atomic mass is 16.5. The van der Waals surface area contributed by atoms with E-state index in [2.05, 4.69) is 36.8 Å². The van der Waals surface area contributed by atoms with E-state index in [9.17, 15) is 0 Å². The van der Waals surface area contributed by atoms with Gasteiger partial charge in [-0.25, -0.2) is 24.5 Å². The predicted molar refractivity (Wildman–Crippen MR) is 125 cm³/mol. The molecular formula is C24H22N8O. The Balaban J connectivity index is 1.22. The fraction of sp³-hybridized carbons (Fsp3) is 0.208. The zero-order valence-electron chi connectivity index (χ0n) is 17.8. The Bertz CT molecular complexity index is 1410. The zero-order valence-corrected chi connectivity index (χ0v) is 17.8. The highest BCUT2D eigenvalue weighted by Gasteiger charge is 2.18. The third kappa shape index (κ3) is 4.06. The molecule has 164 valence electrons. The van der Waals surface area contributed by atoms with Gasteiger partial charge >= 0.3 is 0 Å². The Labute approximate surface area is 189 Å². The van der Waals surface area contributed by atoms with E-state index >= 15 is 0 Å². The van der Waals surface area contributed by atoms with Crippen LogP contribution in [0.1, 0.15) is 24.5 Å². The first-order chi connectivity index (χ1) is 16.3. The van der Waals surface area contributed by atoms with Crippen LogP contribution in [0.2, 0.25) is 0 Å². The summed E-state index contributed by atoms with van der Waals surface area (Å²) in [7, 11) is 0. The fourth-order valence-electron chi connectivity index (χ4n) is 4.12. The number of fused-ring (bicyclic) bond motifs is 2. The van der Waals surface area contributed by atoms with Gasteiger partial charge in [-0.2, -0.15) is 5.10 Å². The van der Waals surface area contributed by atoms with Crippen LogP contribution in [0.4, 0.5) is 11.5 Å². The molecule has 6 rings (SSSR count). The fourth-order valence-corrected chi connectivity index (χ4v) is 4.12. The second-order valence-electron chi connectivity index (χ2n) is 8.05. The lowest BCUT2D eigenvalue weighted by molar-refractivity contribution is 0.455. The molecule has 9 nitrogen and oxygen atoms in total. The number of hydrogen-bond donors (Lipinski definition) is 2. The molecule has 1 saturated heterocycles. The minimum absolute atomic E-state index is 0.421. The van der Waals surface area contributed by atoms with Crippen molar-refractivity contribution < 1.29 is 4.74 Å². The largest absolute Gasteiger partial charge is 0.457 e. The normalized spacial score (nSPS) is 16.2. The van der Waals surface area contributed by atoms with Gasteiger partial charge in [-0.3, -0.25) is 0 Å². The molecular weight excluding hydrogens is 416 g/mol. The Hall–Kier alpha value is -4.11. The van der Waals surface area contributed by atoms with Gasteiger partial charge in [0.25, 0.3) is 0 Å². The van der Waals surface area contributed by atoms with Crippen molar-refractivity contribution in [2.45, 2.75) is 18.8 Å².